The van der Waals surface area contributed by atoms with Crippen molar-refractivity contribution in [3.63, 3.8) is 0 Å². The standard InChI is InChI=1S/C18H24F3N3O2/c1-2-24(17(26)18(19,20)21)11-12-5-3-8-15(9-12)23-16(25)13-6-4-7-14(22)10-13/h3,5,8-9,13-14H,2,4,6-7,10-11,22H2,1H3,(H,23,25). The van der Waals surface area contributed by atoms with Crippen LogP contribution in [0.1, 0.15) is 38.2 Å². The van der Waals surface area contributed by atoms with Crippen LogP contribution in [0.2, 0.25) is 0 Å². The second kappa shape index (κ2) is 8.53. The Kier molecular flexibility index (Phi) is 6.63. The molecule has 2 rings (SSSR count). The molecular weight excluding hydrogens is 347 g/mol. The third kappa shape index (κ3) is 5.45. The summed E-state index contributed by atoms with van der Waals surface area (Å²) in [7, 11) is 0. The van der Waals surface area contributed by atoms with Crippen molar-refractivity contribution in [3.05, 3.63) is 29.8 Å². The number of rotatable bonds is 5. The Labute approximate surface area is 150 Å². The molecule has 3 N–H and O–H groups in total. The van der Waals surface area contributed by atoms with E-state index in [-0.39, 0.29) is 31.0 Å². The highest BCUT2D eigenvalue weighted by atomic mass is 19.4. The Morgan fingerprint density at radius 2 is 2.04 bits per heavy atom. The van der Waals surface area contributed by atoms with Crippen LogP contribution in [0.15, 0.2) is 24.3 Å². The van der Waals surface area contributed by atoms with Crippen molar-refractivity contribution < 1.29 is 22.8 Å². The van der Waals surface area contributed by atoms with Gasteiger partial charge in [-0.2, -0.15) is 13.2 Å². The smallest absolute Gasteiger partial charge is 0.331 e. The molecule has 2 unspecified atom stereocenters. The van der Waals surface area contributed by atoms with Crippen molar-refractivity contribution >= 4 is 17.5 Å². The second-order valence-electron chi connectivity index (χ2n) is 6.63. The number of nitrogens with one attached hydrogen (secondary N) is 1. The zero-order valence-corrected chi connectivity index (χ0v) is 14.7. The van der Waals surface area contributed by atoms with E-state index in [1.54, 1.807) is 24.3 Å². The third-order valence-corrected chi connectivity index (χ3v) is 4.56. The van der Waals surface area contributed by atoms with Gasteiger partial charge in [-0.15, -0.1) is 0 Å². The van der Waals surface area contributed by atoms with E-state index in [9.17, 15) is 22.8 Å². The molecule has 1 aliphatic rings. The summed E-state index contributed by atoms with van der Waals surface area (Å²) in [5, 5.41) is 2.80. The highest BCUT2D eigenvalue weighted by Crippen LogP contribution is 2.25. The van der Waals surface area contributed by atoms with Gasteiger partial charge in [-0.25, -0.2) is 0 Å². The first-order chi connectivity index (χ1) is 12.2. The maximum absolute atomic E-state index is 12.6. The van der Waals surface area contributed by atoms with Gasteiger partial charge >= 0.3 is 12.1 Å². The summed E-state index contributed by atoms with van der Waals surface area (Å²) in [4.78, 5) is 24.5. The van der Waals surface area contributed by atoms with Crippen LogP contribution in [0.5, 0.6) is 0 Å². The number of hydrogen-bond donors (Lipinski definition) is 2. The van der Waals surface area contributed by atoms with Gasteiger partial charge in [0.05, 0.1) is 0 Å². The minimum Gasteiger partial charge on any atom is -0.331 e. The van der Waals surface area contributed by atoms with Gasteiger partial charge in [-0.1, -0.05) is 18.6 Å². The fourth-order valence-corrected chi connectivity index (χ4v) is 3.18. The molecule has 0 spiro atoms. The molecule has 144 valence electrons. The molecule has 0 heterocycles. The van der Waals surface area contributed by atoms with E-state index in [1.165, 1.54) is 6.92 Å². The summed E-state index contributed by atoms with van der Waals surface area (Å²) in [6.07, 6.45) is -1.66. The predicted octanol–water partition coefficient (Wildman–Crippen LogP) is 3.05. The number of anilines is 1. The maximum atomic E-state index is 12.6. The minimum absolute atomic E-state index is 0.0253. The summed E-state index contributed by atoms with van der Waals surface area (Å²) in [5.41, 5.74) is 6.92. The minimum atomic E-state index is -4.90. The van der Waals surface area contributed by atoms with Crippen LogP contribution >= 0.6 is 0 Å². The van der Waals surface area contributed by atoms with Gasteiger partial charge in [0.2, 0.25) is 5.91 Å². The Morgan fingerprint density at radius 3 is 2.65 bits per heavy atom. The van der Waals surface area contributed by atoms with Crippen molar-refractivity contribution in [1.82, 2.24) is 4.90 Å². The van der Waals surface area contributed by atoms with Gasteiger partial charge in [-0.05, 0) is 43.9 Å². The van der Waals surface area contributed by atoms with Gasteiger partial charge in [0.1, 0.15) is 0 Å². The number of amides is 2. The number of carbonyl (C=O) groups is 2. The van der Waals surface area contributed by atoms with Crippen LogP contribution in [-0.2, 0) is 16.1 Å². The number of halogens is 3. The van der Waals surface area contributed by atoms with Crippen LogP contribution in [0, 0.1) is 5.92 Å². The summed E-state index contributed by atoms with van der Waals surface area (Å²) in [6.45, 7) is 1.25. The molecule has 0 radical (unpaired) electrons. The van der Waals surface area contributed by atoms with Crippen molar-refractivity contribution in [2.24, 2.45) is 11.7 Å². The van der Waals surface area contributed by atoms with Crippen LogP contribution in [0.4, 0.5) is 18.9 Å². The first-order valence-electron chi connectivity index (χ1n) is 8.72. The number of hydrogen-bond acceptors (Lipinski definition) is 3. The molecule has 1 saturated carbocycles. The van der Waals surface area contributed by atoms with E-state index < -0.39 is 12.1 Å². The third-order valence-electron chi connectivity index (χ3n) is 4.56. The lowest BCUT2D eigenvalue weighted by molar-refractivity contribution is -0.185. The fourth-order valence-electron chi connectivity index (χ4n) is 3.18. The van der Waals surface area contributed by atoms with E-state index in [0.717, 1.165) is 24.2 Å². The lowest BCUT2D eigenvalue weighted by Gasteiger charge is -2.26. The van der Waals surface area contributed by atoms with Gasteiger partial charge < -0.3 is 16.0 Å². The largest absolute Gasteiger partial charge is 0.471 e. The number of benzene rings is 1. The molecule has 1 aromatic rings. The van der Waals surface area contributed by atoms with Crippen molar-refractivity contribution in [2.45, 2.75) is 51.4 Å². The lowest BCUT2D eigenvalue weighted by atomic mass is 9.85. The lowest BCUT2D eigenvalue weighted by Crippen LogP contribution is -2.40. The summed E-state index contributed by atoms with van der Waals surface area (Å²) in [5.74, 6) is -2.15. The number of nitrogens with two attached hydrogens (primary N) is 1. The Morgan fingerprint density at radius 1 is 1.31 bits per heavy atom. The molecule has 1 fully saturated rings. The van der Waals surface area contributed by atoms with Crippen molar-refractivity contribution in [1.29, 1.82) is 0 Å². The molecule has 2 amide bonds. The van der Waals surface area contributed by atoms with Crippen molar-refractivity contribution in [2.75, 3.05) is 11.9 Å². The summed E-state index contributed by atoms with van der Waals surface area (Å²) >= 11 is 0. The molecule has 0 bridgehead atoms. The van der Waals surface area contributed by atoms with Gasteiger partial charge in [0.25, 0.3) is 0 Å². The highest BCUT2D eigenvalue weighted by Gasteiger charge is 2.41. The molecule has 5 nitrogen and oxygen atoms in total. The predicted molar refractivity (Wildman–Crippen MR) is 92.2 cm³/mol. The van der Waals surface area contributed by atoms with Crippen LogP contribution < -0.4 is 11.1 Å². The molecule has 1 aromatic carbocycles. The molecule has 1 aliphatic carbocycles. The number of alkyl halides is 3. The van der Waals surface area contributed by atoms with Gasteiger partial charge in [-0.3, -0.25) is 9.59 Å². The Bertz CT molecular complexity index is 649. The van der Waals surface area contributed by atoms with Gasteiger partial charge in [0.15, 0.2) is 0 Å². The van der Waals surface area contributed by atoms with Gasteiger partial charge in [0, 0.05) is 30.7 Å². The second-order valence-corrected chi connectivity index (χ2v) is 6.63. The van der Waals surface area contributed by atoms with Crippen molar-refractivity contribution in [3.8, 4) is 0 Å². The van der Waals surface area contributed by atoms with Crippen LogP contribution in [0.3, 0.4) is 0 Å². The summed E-state index contributed by atoms with van der Waals surface area (Å²) in [6, 6.07) is 6.55. The zero-order valence-electron chi connectivity index (χ0n) is 14.7. The monoisotopic (exact) mass is 371 g/mol. The molecular formula is C18H24F3N3O2. The molecule has 26 heavy (non-hydrogen) atoms. The SMILES string of the molecule is CCN(Cc1cccc(NC(=O)C2CCCC(N)C2)c1)C(=O)C(F)(F)F. The normalized spacial score (nSPS) is 20.5. The first kappa shape index (κ1) is 20.2. The van der Waals surface area contributed by atoms with E-state index in [4.69, 9.17) is 5.73 Å². The Hall–Kier alpha value is -2.09. The highest BCUT2D eigenvalue weighted by molar-refractivity contribution is 5.92. The van der Waals surface area contributed by atoms with E-state index in [1.807, 2.05) is 0 Å². The molecule has 0 saturated heterocycles. The fraction of sp³-hybridized carbons (Fsp3) is 0.556. The average Bonchev–Trinajstić information content (AvgIpc) is 2.58. The summed E-state index contributed by atoms with van der Waals surface area (Å²) < 4.78 is 37.9. The van der Waals surface area contributed by atoms with E-state index in [0.29, 0.717) is 17.7 Å². The van der Waals surface area contributed by atoms with Crippen LogP contribution in [0.25, 0.3) is 0 Å². The average molecular weight is 371 g/mol. The zero-order chi connectivity index (χ0) is 19.3. The van der Waals surface area contributed by atoms with Crippen LogP contribution in [-0.4, -0.2) is 35.5 Å². The maximum Gasteiger partial charge on any atom is 0.471 e. The first-order valence-corrected chi connectivity index (χ1v) is 8.72. The number of nitrogens with zero attached hydrogens (tertiary/aromatic N) is 1. The van der Waals surface area contributed by atoms with E-state index in [2.05, 4.69) is 5.32 Å². The molecule has 0 aromatic heterocycles. The molecule has 0 aliphatic heterocycles. The topological polar surface area (TPSA) is 75.4 Å². The molecule has 8 heteroatoms. The number of carbonyl (C=O) groups excluding carboxylic acids is 2. The quantitative estimate of drug-likeness (QED) is 0.835. The van der Waals surface area contributed by atoms with E-state index >= 15 is 0 Å². The molecule has 2 atom stereocenters. The Balaban J connectivity index is 2.03.